The zero-order valence-corrected chi connectivity index (χ0v) is 16.4. The van der Waals surface area contributed by atoms with Crippen molar-refractivity contribution in [3.05, 3.63) is 54.3 Å². The van der Waals surface area contributed by atoms with E-state index in [1.807, 2.05) is 18.2 Å². The highest BCUT2D eigenvalue weighted by molar-refractivity contribution is 5.94. The standard InChI is InChI=1S/C22H28FN3O2/c1-2-25-12-14-26(15-13-25)21-10-4-3-9-20(21)24-22(27)11-6-16-28-19-8-5-7-18(23)17-19/h3-5,7-10,17H,2,6,11-16H2,1H3,(H,24,27). The SMILES string of the molecule is CCN1CCN(c2ccccc2NC(=O)CCCOc2cccc(F)c2)CC1. The maximum absolute atomic E-state index is 13.1. The van der Waals surface area contributed by atoms with Gasteiger partial charge in [0.25, 0.3) is 0 Å². The van der Waals surface area contributed by atoms with Crippen LogP contribution in [0.15, 0.2) is 48.5 Å². The number of ether oxygens (including phenoxy) is 1. The Balaban J connectivity index is 1.47. The molecule has 0 unspecified atom stereocenters. The maximum atomic E-state index is 13.1. The van der Waals surface area contributed by atoms with Gasteiger partial charge in [0, 0.05) is 38.7 Å². The van der Waals surface area contributed by atoms with Crippen molar-refractivity contribution in [1.29, 1.82) is 0 Å². The van der Waals surface area contributed by atoms with Gasteiger partial charge in [-0.1, -0.05) is 25.1 Å². The summed E-state index contributed by atoms with van der Waals surface area (Å²) >= 11 is 0. The second-order valence-corrected chi connectivity index (χ2v) is 6.90. The Morgan fingerprint density at radius 2 is 1.89 bits per heavy atom. The number of hydrogen-bond acceptors (Lipinski definition) is 4. The van der Waals surface area contributed by atoms with Crippen molar-refractivity contribution in [2.75, 3.05) is 49.5 Å². The zero-order chi connectivity index (χ0) is 19.8. The summed E-state index contributed by atoms with van der Waals surface area (Å²) in [6.45, 7) is 7.63. The van der Waals surface area contributed by atoms with E-state index in [2.05, 4.69) is 28.1 Å². The second kappa shape index (κ2) is 10.1. The van der Waals surface area contributed by atoms with Crippen LogP contribution in [-0.4, -0.2) is 50.1 Å². The van der Waals surface area contributed by atoms with Crippen molar-refractivity contribution in [3.63, 3.8) is 0 Å². The van der Waals surface area contributed by atoms with Gasteiger partial charge < -0.3 is 19.9 Å². The molecule has 0 spiro atoms. The van der Waals surface area contributed by atoms with Gasteiger partial charge in [0.2, 0.25) is 5.91 Å². The summed E-state index contributed by atoms with van der Waals surface area (Å²) in [4.78, 5) is 17.1. The van der Waals surface area contributed by atoms with Crippen molar-refractivity contribution >= 4 is 17.3 Å². The number of piperazine rings is 1. The molecule has 1 heterocycles. The molecule has 0 saturated carbocycles. The number of carbonyl (C=O) groups is 1. The molecule has 1 amide bonds. The van der Waals surface area contributed by atoms with Crippen LogP contribution in [0.3, 0.4) is 0 Å². The van der Waals surface area contributed by atoms with E-state index < -0.39 is 0 Å². The molecule has 1 aliphatic heterocycles. The van der Waals surface area contributed by atoms with Gasteiger partial charge in [-0.05, 0) is 37.2 Å². The van der Waals surface area contributed by atoms with Gasteiger partial charge in [-0.15, -0.1) is 0 Å². The minimum absolute atomic E-state index is 0.0394. The van der Waals surface area contributed by atoms with Crippen LogP contribution in [-0.2, 0) is 4.79 Å². The van der Waals surface area contributed by atoms with E-state index in [1.54, 1.807) is 12.1 Å². The molecule has 0 atom stereocenters. The molecule has 5 nitrogen and oxygen atoms in total. The minimum atomic E-state index is -0.327. The van der Waals surface area contributed by atoms with Crippen LogP contribution >= 0.6 is 0 Å². The Bertz CT molecular complexity index is 776. The predicted octanol–water partition coefficient (Wildman–Crippen LogP) is 3.77. The maximum Gasteiger partial charge on any atom is 0.224 e. The third-order valence-corrected chi connectivity index (χ3v) is 4.95. The summed E-state index contributed by atoms with van der Waals surface area (Å²) in [6, 6.07) is 14.0. The van der Waals surface area contributed by atoms with E-state index in [0.717, 1.165) is 44.1 Å². The molecular weight excluding hydrogens is 357 g/mol. The molecule has 1 fully saturated rings. The fourth-order valence-corrected chi connectivity index (χ4v) is 3.35. The summed E-state index contributed by atoms with van der Waals surface area (Å²) < 4.78 is 18.6. The van der Waals surface area contributed by atoms with Crippen LogP contribution in [0.4, 0.5) is 15.8 Å². The summed E-state index contributed by atoms with van der Waals surface area (Å²) in [6.07, 6.45) is 0.924. The van der Waals surface area contributed by atoms with Gasteiger partial charge in [0.1, 0.15) is 11.6 Å². The van der Waals surface area contributed by atoms with E-state index in [9.17, 15) is 9.18 Å². The lowest BCUT2D eigenvalue weighted by Gasteiger charge is -2.36. The average Bonchev–Trinajstić information content (AvgIpc) is 2.72. The number of halogens is 1. The summed E-state index contributed by atoms with van der Waals surface area (Å²) in [7, 11) is 0. The normalized spacial score (nSPS) is 14.7. The van der Waals surface area contributed by atoms with Crippen molar-refractivity contribution in [2.45, 2.75) is 19.8 Å². The first kappa shape index (κ1) is 20.1. The number of benzene rings is 2. The third-order valence-electron chi connectivity index (χ3n) is 4.95. The van der Waals surface area contributed by atoms with Crippen LogP contribution in [0.25, 0.3) is 0 Å². The Kier molecular flexibility index (Phi) is 7.25. The molecule has 1 aliphatic rings. The molecule has 2 aromatic rings. The number of carbonyl (C=O) groups excluding carboxylic acids is 1. The van der Waals surface area contributed by atoms with Gasteiger partial charge in [0.05, 0.1) is 18.0 Å². The van der Waals surface area contributed by atoms with E-state index >= 15 is 0 Å². The van der Waals surface area contributed by atoms with Gasteiger partial charge in [-0.3, -0.25) is 4.79 Å². The Hall–Kier alpha value is -2.60. The van der Waals surface area contributed by atoms with Crippen molar-refractivity contribution in [3.8, 4) is 5.75 Å². The van der Waals surface area contributed by atoms with E-state index in [1.165, 1.54) is 12.1 Å². The molecule has 1 N–H and O–H groups in total. The van der Waals surface area contributed by atoms with Gasteiger partial charge in [0.15, 0.2) is 0 Å². The van der Waals surface area contributed by atoms with E-state index in [4.69, 9.17) is 4.74 Å². The molecular formula is C22H28FN3O2. The predicted molar refractivity (Wildman–Crippen MR) is 111 cm³/mol. The van der Waals surface area contributed by atoms with Crippen molar-refractivity contribution in [1.82, 2.24) is 4.90 Å². The molecule has 0 radical (unpaired) electrons. The first-order valence-corrected chi connectivity index (χ1v) is 9.90. The first-order chi connectivity index (χ1) is 13.7. The van der Waals surface area contributed by atoms with Gasteiger partial charge in [-0.25, -0.2) is 4.39 Å². The zero-order valence-electron chi connectivity index (χ0n) is 16.4. The Labute approximate surface area is 166 Å². The summed E-state index contributed by atoms with van der Waals surface area (Å²) in [5.41, 5.74) is 1.92. The fraction of sp³-hybridized carbons (Fsp3) is 0.409. The highest BCUT2D eigenvalue weighted by Crippen LogP contribution is 2.26. The molecule has 2 aromatic carbocycles. The summed E-state index contributed by atoms with van der Waals surface area (Å²) in [5.74, 6) is 0.117. The van der Waals surface area contributed by atoms with E-state index in [-0.39, 0.29) is 11.7 Å². The van der Waals surface area contributed by atoms with Crippen LogP contribution in [0.5, 0.6) is 5.75 Å². The van der Waals surface area contributed by atoms with Crippen LogP contribution < -0.4 is 15.0 Å². The number of hydrogen-bond donors (Lipinski definition) is 1. The minimum Gasteiger partial charge on any atom is -0.493 e. The number of para-hydroxylation sites is 2. The number of nitrogens with zero attached hydrogens (tertiary/aromatic N) is 2. The number of anilines is 2. The van der Waals surface area contributed by atoms with Gasteiger partial charge >= 0.3 is 0 Å². The highest BCUT2D eigenvalue weighted by atomic mass is 19.1. The Morgan fingerprint density at radius 3 is 2.64 bits per heavy atom. The molecule has 0 aromatic heterocycles. The van der Waals surface area contributed by atoms with Gasteiger partial charge in [-0.2, -0.15) is 0 Å². The monoisotopic (exact) mass is 385 g/mol. The lowest BCUT2D eigenvalue weighted by molar-refractivity contribution is -0.116. The van der Waals surface area contributed by atoms with Crippen LogP contribution in [0.2, 0.25) is 0 Å². The fourth-order valence-electron chi connectivity index (χ4n) is 3.35. The molecule has 150 valence electrons. The second-order valence-electron chi connectivity index (χ2n) is 6.90. The molecule has 6 heteroatoms. The lowest BCUT2D eigenvalue weighted by atomic mass is 10.2. The number of likely N-dealkylation sites (N-methyl/N-ethyl adjacent to an activating group) is 1. The third kappa shape index (κ3) is 5.70. The quantitative estimate of drug-likeness (QED) is 0.703. The number of nitrogens with one attached hydrogen (secondary N) is 1. The molecule has 28 heavy (non-hydrogen) atoms. The van der Waals surface area contributed by atoms with Crippen molar-refractivity contribution in [2.24, 2.45) is 0 Å². The molecule has 1 saturated heterocycles. The van der Waals surface area contributed by atoms with Crippen molar-refractivity contribution < 1.29 is 13.9 Å². The van der Waals surface area contributed by atoms with Crippen LogP contribution in [0.1, 0.15) is 19.8 Å². The number of amides is 1. The smallest absolute Gasteiger partial charge is 0.224 e. The number of rotatable bonds is 8. The first-order valence-electron chi connectivity index (χ1n) is 9.90. The summed E-state index contributed by atoms with van der Waals surface area (Å²) in [5, 5.41) is 3.03. The van der Waals surface area contributed by atoms with E-state index in [0.29, 0.717) is 25.2 Å². The molecule has 0 bridgehead atoms. The molecule has 3 rings (SSSR count). The topological polar surface area (TPSA) is 44.8 Å². The van der Waals surface area contributed by atoms with Crippen LogP contribution in [0, 0.1) is 5.82 Å². The molecule has 0 aliphatic carbocycles. The largest absolute Gasteiger partial charge is 0.493 e. The highest BCUT2D eigenvalue weighted by Gasteiger charge is 2.18. The Morgan fingerprint density at radius 1 is 1.11 bits per heavy atom. The average molecular weight is 385 g/mol. The lowest BCUT2D eigenvalue weighted by Crippen LogP contribution is -2.46.